The predicted molar refractivity (Wildman–Crippen MR) is 66.2 cm³/mol. The lowest BCUT2D eigenvalue weighted by atomic mass is 10.3. The smallest absolute Gasteiger partial charge is 0.120 e. The summed E-state index contributed by atoms with van der Waals surface area (Å²) >= 11 is 3.40. The van der Waals surface area contributed by atoms with Crippen LogP contribution in [-0.2, 0) is 0 Å². The quantitative estimate of drug-likeness (QED) is 0.887. The SMILES string of the molecule is CN(C)C(CN)COc1cccc(Br)c1. The Bertz CT molecular complexity index is 304. The van der Waals surface area contributed by atoms with Crippen molar-refractivity contribution in [2.24, 2.45) is 5.73 Å². The van der Waals surface area contributed by atoms with Gasteiger partial charge in [0.05, 0.1) is 6.04 Å². The Morgan fingerprint density at radius 1 is 1.47 bits per heavy atom. The van der Waals surface area contributed by atoms with Gasteiger partial charge in [-0.25, -0.2) is 0 Å². The van der Waals surface area contributed by atoms with Crippen molar-refractivity contribution in [2.75, 3.05) is 27.2 Å². The maximum Gasteiger partial charge on any atom is 0.120 e. The van der Waals surface area contributed by atoms with Gasteiger partial charge in [-0.3, -0.25) is 0 Å². The average Bonchev–Trinajstić information content (AvgIpc) is 2.18. The minimum Gasteiger partial charge on any atom is -0.492 e. The summed E-state index contributed by atoms with van der Waals surface area (Å²) in [6, 6.07) is 8.06. The van der Waals surface area contributed by atoms with Crippen LogP contribution >= 0.6 is 15.9 Å². The fourth-order valence-corrected chi connectivity index (χ4v) is 1.56. The highest BCUT2D eigenvalue weighted by atomic mass is 79.9. The lowest BCUT2D eigenvalue weighted by Gasteiger charge is -2.22. The van der Waals surface area contributed by atoms with E-state index in [-0.39, 0.29) is 6.04 Å². The van der Waals surface area contributed by atoms with E-state index in [4.69, 9.17) is 10.5 Å². The average molecular weight is 273 g/mol. The molecule has 0 fully saturated rings. The van der Waals surface area contributed by atoms with Crippen LogP contribution in [0, 0.1) is 0 Å². The molecule has 0 saturated heterocycles. The molecule has 1 rings (SSSR count). The van der Waals surface area contributed by atoms with Crippen LogP contribution in [0.3, 0.4) is 0 Å². The number of halogens is 1. The number of nitrogens with two attached hydrogens (primary N) is 1. The van der Waals surface area contributed by atoms with Gasteiger partial charge in [-0.15, -0.1) is 0 Å². The van der Waals surface area contributed by atoms with Gasteiger partial charge in [0.1, 0.15) is 12.4 Å². The summed E-state index contributed by atoms with van der Waals surface area (Å²) in [5.74, 6) is 0.865. The molecular weight excluding hydrogens is 256 g/mol. The Morgan fingerprint density at radius 3 is 2.73 bits per heavy atom. The zero-order valence-corrected chi connectivity index (χ0v) is 10.7. The van der Waals surface area contributed by atoms with Crippen LogP contribution in [0.2, 0.25) is 0 Å². The Hall–Kier alpha value is -0.580. The molecule has 0 saturated carbocycles. The number of likely N-dealkylation sites (N-methyl/N-ethyl adjacent to an activating group) is 1. The Balaban J connectivity index is 2.49. The zero-order valence-electron chi connectivity index (χ0n) is 9.11. The van der Waals surface area contributed by atoms with Crippen LogP contribution in [0.25, 0.3) is 0 Å². The first-order valence-electron chi connectivity index (χ1n) is 4.88. The Labute approximate surface area is 99.3 Å². The number of ether oxygens (including phenoxy) is 1. The van der Waals surface area contributed by atoms with E-state index >= 15 is 0 Å². The van der Waals surface area contributed by atoms with Crippen molar-refractivity contribution in [1.29, 1.82) is 0 Å². The monoisotopic (exact) mass is 272 g/mol. The molecule has 1 aromatic rings. The summed E-state index contributed by atoms with van der Waals surface area (Å²) in [5, 5.41) is 0. The largest absolute Gasteiger partial charge is 0.492 e. The summed E-state index contributed by atoms with van der Waals surface area (Å²) in [4.78, 5) is 2.07. The highest BCUT2D eigenvalue weighted by molar-refractivity contribution is 9.10. The molecule has 1 atom stereocenters. The molecule has 15 heavy (non-hydrogen) atoms. The van der Waals surface area contributed by atoms with Gasteiger partial charge < -0.3 is 15.4 Å². The van der Waals surface area contributed by atoms with Crippen molar-refractivity contribution in [3.63, 3.8) is 0 Å². The Kier molecular flexibility index (Phi) is 5.08. The van der Waals surface area contributed by atoms with E-state index in [0.717, 1.165) is 10.2 Å². The first-order valence-corrected chi connectivity index (χ1v) is 5.67. The minimum absolute atomic E-state index is 0.254. The minimum atomic E-state index is 0.254. The first-order chi connectivity index (χ1) is 7.13. The van der Waals surface area contributed by atoms with Gasteiger partial charge in [-0.2, -0.15) is 0 Å². The summed E-state index contributed by atoms with van der Waals surface area (Å²) in [7, 11) is 4.00. The number of rotatable bonds is 5. The van der Waals surface area contributed by atoms with Crippen LogP contribution in [0.4, 0.5) is 0 Å². The van der Waals surface area contributed by atoms with Gasteiger partial charge in [0, 0.05) is 11.0 Å². The fraction of sp³-hybridized carbons (Fsp3) is 0.455. The van der Waals surface area contributed by atoms with E-state index in [1.807, 2.05) is 38.4 Å². The van der Waals surface area contributed by atoms with Gasteiger partial charge in [0.2, 0.25) is 0 Å². The van der Waals surface area contributed by atoms with Gasteiger partial charge in [0.25, 0.3) is 0 Å². The van der Waals surface area contributed by atoms with Crippen molar-refractivity contribution < 1.29 is 4.74 Å². The third kappa shape index (κ3) is 4.20. The summed E-state index contributed by atoms with van der Waals surface area (Å²) in [5.41, 5.74) is 5.64. The van der Waals surface area contributed by atoms with Crippen LogP contribution in [0.15, 0.2) is 28.7 Å². The molecule has 0 spiro atoms. The molecule has 0 bridgehead atoms. The van der Waals surface area contributed by atoms with Crippen LogP contribution in [0.5, 0.6) is 5.75 Å². The third-order valence-corrected chi connectivity index (χ3v) is 2.73. The van der Waals surface area contributed by atoms with E-state index in [2.05, 4.69) is 20.8 Å². The molecule has 2 N–H and O–H groups in total. The number of nitrogens with zero attached hydrogens (tertiary/aromatic N) is 1. The molecule has 4 heteroatoms. The van der Waals surface area contributed by atoms with Gasteiger partial charge in [-0.1, -0.05) is 22.0 Å². The third-order valence-electron chi connectivity index (χ3n) is 2.24. The number of hydrogen-bond donors (Lipinski definition) is 1. The van der Waals surface area contributed by atoms with Crippen molar-refractivity contribution >= 4 is 15.9 Å². The van der Waals surface area contributed by atoms with Crippen molar-refractivity contribution in [1.82, 2.24) is 4.90 Å². The molecule has 0 heterocycles. The normalized spacial score (nSPS) is 12.9. The highest BCUT2D eigenvalue weighted by Gasteiger charge is 2.09. The van der Waals surface area contributed by atoms with Crippen molar-refractivity contribution in [3.05, 3.63) is 28.7 Å². The van der Waals surface area contributed by atoms with E-state index in [0.29, 0.717) is 13.2 Å². The number of hydrogen-bond acceptors (Lipinski definition) is 3. The van der Waals surface area contributed by atoms with E-state index in [9.17, 15) is 0 Å². The molecule has 0 aliphatic heterocycles. The lowest BCUT2D eigenvalue weighted by molar-refractivity contribution is 0.190. The second-order valence-electron chi connectivity index (χ2n) is 3.62. The molecule has 0 aromatic heterocycles. The summed E-state index contributed by atoms with van der Waals surface area (Å²) in [6.45, 7) is 1.21. The molecule has 0 aliphatic carbocycles. The van der Waals surface area contributed by atoms with E-state index < -0.39 is 0 Å². The lowest BCUT2D eigenvalue weighted by Crippen LogP contribution is -2.39. The zero-order chi connectivity index (χ0) is 11.3. The molecule has 84 valence electrons. The topological polar surface area (TPSA) is 38.5 Å². The van der Waals surface area contributed by atoms with E-state index in [1.54, 1.807) is 0 Å². The van der Waals surface area contributed by atoms with Crippen molar-refractivity contribution in [2.45, 2.75) is 6.04 Å². The van der Waals surface area contributed by atoms with Crippen LogP contribution < -0.4 is 10.5 Å². The van der Waals surface area contributed by atoms with Gasteiger partial charge >= 0.3 is 0 Å². The molecule has 0 aliphatic rings. The van der Waals surface area contributed by atoms with Crippen LogP contribution in [-0.4, -0.2) is 38.2 Å². The van der Waals surface area contributed by atoms with Crippen LogP contribution in [0.1, 0.15) is 0 Å². The Morgan fingerprint density at radius 2 is 2.20 bits per heavy atom. The summed E-state index contributed by atoms with van der Waals surface area (Å²) < 4.78 is 6.67. The molecule has 3 nitrogen and oxygen atoms in total. The van der Waals surface area contributed by atoms with E-state index in [1.165, 1.54) is 0 Å². The fourth-order valence-electron chi connectivity index (χ4n) is 1.18. The highest BCUT2D eigenvalue weighted by Crippen LogP contribution is 2.17. The second-order valence-corrected chi connectivity index (χ2v) is 4.54. The number of benzene rings is 1. The standard InChI is InChI=1S/C11H17BrN2O/c1-14(2)10(7-13)8-15-11-5-3-4-9(12)6-11/h3-6,10H,7-8,13H2,1-2H3. The maximum absolute atomic E-state index is 5.65. The molecule has 1 aromatic carbocycles. The molecular formula is C11H17BrN2O. The maximum atomic E-state index is 5.65. The molecule has 1 unspecified atom stereocenters. The molecule has 0 amide bonds. The van der Waals surface area contributed by atoms with Gasteiger partial charge in [-0.05, 0) is 32.3 Å². The second kappa shape index (κ2) is 6.10. The predicted octanol–water partition coefficient (Wildman–Crippen LogP) is 1.72. The van der Waals surface area contributed by atoms with Crippen molar-refractivity contribution in [3.8, 4) is 5.75 Å². The summed E-state index contributed by atoms with van der Waals surface area (Å²) in [6.07, 6.45) is 0. The molecule has 0 radical (unpaired) electrons. The first kappa shape index (κ1) is 12.5. The van der Waals surface area contributed by atoms with Gasteiger partial charge in [0.15, 0.2) is 0 Å².